The van der Waals surface area contributed by atoms with E-state index in [-0.39, 0.29) is 28.7 Å². The summed E-state index contributed by atoms with van der Waals surface area (Å²) in [5.41, 5.74) is 1.08. The lowest BCUT2D eigenvalue weighted by Crippen LogP contribution is -2.43. The topological polar surface area (TPSA) is 83.6 Å². The van der Waals surface area contributed by atoms with Gasteiger partial charge in [0.25, 0.3) is 0 Å². The number of sulfonamides is 1. The summed E-state index contributed by atoms with van der Waals surface area (Å²) in [4.78, 5) is 26.3. The molecule has 0 aliphatic carbocycles. The molecule has 3 aromatic rings. The van der Waals surface area contributed by atoms with E-state index in [0.717, 1.165) is 0 Å². The average molecular weight is 517 g/mol. The van der Waals surface area contributed by atoms with Gasteiger partial charge in [-0.05, 0) is 55.3 Å². The van der Waals surface area contributed by atoms with Crippen LogP contribution in [-0.4, -0.2) is 37.5 Å². The molecule has 34 heavy (non-hydrogen) atoms. The molecule has 0 spiro atoms. The molecule has 4 rings (SSSR count). The molecular formula is C25H22Cl2N2O4S. The molecule has 1 N–H and O–H groups in total. The van der Waals surface area contributed by atoms with Crippen LogP contribution in [0.4, 0.5) is 5.69 Å². The molecule has 1 atom stereocenters. The van der Waals surface area contributed by atoms with Gasteiger partial charge in [0, 0.05) is 34.3 Å². The fourth-order valence-electron chi connectivity index (χ4n) is 3.92. The Bertz CT molecular complexity index is 1310. The van der Waals surface area contributed by atoms with Crippen molar-refractivity contribution >= 4 is 50.6 Å². The summed E-state index contributed by atoms with van der Waals surface area (Å²) in [7, 11) is -3.76. The van der Waals surface area contributed by atoms with Crippen molar-refractivity contribution < 1.29 is 18.0 Å². The third-order valence-electron chi connectivity index (χ3n) is 5.73. The summed E-state index contributed by atoms with van der Waals surface area (Å²) in [5, 5.41) is 3.63. The molecule has 1 amide bonds. The molecule has 176 valence electrons. The van der Waals surface area contributed by atoms with Crippen molar-refractivity contribution in [3.63, 3.8) is 0 Å². The molecular weight excluding hydrogens is 495 g/mol. The Balaban J connectivity index is 1.53. The van der Waals surface area contributed by atoms with Crippen LogP contribution in [0.5, 0.6) is 0 Å². The van der Waals surface area contributed by atoms with Crippen molar-refractivity contribution in [1.29, 1.82) is 0 Å². The molecule has 1 aliphatic heterocycles. The Labute approximate surface area is 208 Å². The van der Waals surface area contributed by atoms with Gasteiger partial charge in [0.1, 0.15) is 0 Å². The van der Waals surface area contributed by atoms with Crippen LogP contribution in [0.2, 0.25) is 10.0 Å². The lowest BCUT2D eigenvalue weighted by molar-refractivity contribution is -0.120. The van der Waals surface area contributed by atoms with Crippen LogP contribution < -0.4 is 5.32 Å². The zero-order valence-corrected chi connectivity index (χ0v) is 20.4. The summed E-state index contributed by atoms with van der Waals surface area (Å²) in [6.07, 6.45) is 1.08. The fraction of sp³-hybridized carbons (Fsp3) is 0.200. The van der Waals surface area contributed by atoms with Crippen LogP contribution in [0.15, 0.2) is 77.7 Å². The van der Waals surface area contributed by atoms with Gasteiger partial charge in [0.05, 0.1) is 16.5 Å². The number of nitrogens with one attached hydrogen (secondary N) is 1. The van der Waals surface area contributed by atoms with Gasteiger partial charge < -0.3 is 5.32 Å². The highest BCUT2D eigenvalue weighted by Crippen LogP contribution is 2.28. The highest BCUT2D eigenvalue weighted by molar-refractivity contribution is 7.89. The van der Waals surface area contributed by atoms with Gasteiger partial charge in [-0.2, -0.15) is 4.31 Å². The number of hydrogen-bond donors (Lipinski definition) is 1. The van der Waals surface area contributed by atoms with Crippen molar-refractivity contribution in [3.8, 4) is 0 Å². The number of nitrogens with zero attached hydrogens (tertiary/aromatic N) is 1. The van der Waals surface area contributed by atoms with Gasteiger partial charge in [0.2, 0.25) is 15.9 Å². The zero-order chi connectivity index (χ0) is 24.3. The summed E-state index contributed by atoms with van der Waals surface area (Å²) in [6, 6.07) is 19.4. The fourth-order valence-corrected chi connectivity index (χ4v) is 5.75. The first-order valence-electron chi connectivity index (χ1n) is 10.7. The minimum Gasteiger partial charge on any atom is -0.325 e. The van der Waals surface area contributed by atoms with Crippen LogP contribution in [0.25, 0.3) is 0 Å². The maximum atomic E-state index is 13.1. The van der Waals surface area contributed by atoms with Crippen LogP contribution in [-0.2, 0) is 14.8 Å². The summed E-state index contributed by atoms with van der Waals surface area (Å²) < 4.78 is 27.4. The minimum atomic E-state index is -3.76. The average Bonchev–Trinajstić information content (AvgIpc) is 2.85. The van der Waals surface area contributed by atoms with E-state index < -0.39 is 15.9 Å². The first-order chi connectivity index (χ1) is 16.3. The normalized spacial score (nSPS) is 16.7. The van der Waals surface area contributed by atoms with Gasteiger partial charge in [0.15, 0.2) is 5.78 Å². The highest BCUT2D eigenvalue weighted by atomic mass is 35.5. The van der Waals surface area contributed by atoms with Crippen LogP contribution in [0.1, 0.15) is 28.8 Å². The second-order valence-corrected chi connectivity index (χ2v) is 10.8. The van der Waals surface area contributed by atoms with Crippen LogP contribution >= 0.6 is 23.2 Å². The highest BCUT2D eigenvalue weighted by Gasteiger charge is 2.33. The van der Waals surface area contributed by atoms with E-state index in [1.54, 1.807) is 36.4 Å². The van der Waals surface area contributed by atoms with E-state index in [1.165, 1.54) is 34.6 Å². The van der Waals surface area contributed by atoms with E-state index in [2.05, 4.69) is 5.32 Å². The number of carbonyl (C=O) groups excluding carboxylic acids is 2. The zero-order valence-electron chi connectivity index (χ0n) is 18.1. The van der Waals surface area contributed by atoms with E-state index in [9.17, 15) is 18.0 Å². The quantitative estimate of drug-likeness (QED) is 0.452. The van der Waals surface area contributed by atoms with Crippen LogP contribution in [0, 0.1) is 5.92 Å². The number of ketones is 1. The Morgan fingerprint density at radius 1 is 0.912 bits per heavy atom. The van der Waals surface area contributed by atoms with Gasteiger partial charge >= 0.3 is 0 Å². The number of benzene rings is 3. The predicted molar refractivity (Wildman–Crippen MR) is 133 cm³/mol. The smallest absolute Gasteiger partial charge is 0.243 e. The van der Waals surface area contributed by atoms with Crippen molar-refractivity contribution in [2.75, 3.05) is 18.4 Å². The molecule has 3 aromatic carbocycles. The van der Waals surface area contributed by atoms with Gasteiger partial charge in [-0.1, -0.05) is 53.5 Å². The Morgan fingerprint density at radius 3 is 2.29 bits per heavy atom. The third-order valence-corrected chi connectivity index (χ3v) is 8.09. The molecule has 1 saturated heterocycles. The van der Waals surface area contributed by atoms with Gasteiger partial charge in [-0.25, -0.2) is 8.42 Å². The monoisotopic (exact) mass is 516 g/mol. The Hall–Kier alpha value is -2.71. The van der Waals surface area contributed by atoms with E-state index in [0.29, 0.717) is 40.7 Å². The Morgan fingerprint density at radius 2 is 1.59 bits per heavy atom. The molecule has 1 fully saturated rings. The van der Waals surface area contributed by atoms with Crippen molar-refractivity contribution in [2.45, 2.75) is 17.7 Å². The number of amides is 1. The maximum absolute atomic E-state index is 13.1. The lowest BCUT2D eigenvalue weighted by Gasteiger charge is -2.31. The molecule has 1 heterocycles. The molecule has 6 nitrogen and oxygen atoms in total. The van der Waals surface area contributed by atoms with Gasteiger partial charge in [-0.15, -0.1) is 0 Å². The summed E-state index contributed by atoms with van der Waals surface area (Å²) in [6.45, 7) is 0.375. The molecule has 0 saturated carbocycles. The third kappa shape index (κ3) is 5.33. The van der Waals surface area contributed by atoms with E-state index in [4.69, 9.17) is 23.2 Å². The predicted octanol–water partition coefficient (Wildman–Crippen LogP) is 5.26. The molecule has 0 bridgehead atoms. The number of hydrogen-bond acceptors (Lipinski definition) is 4. The maximum Gasteiger partial charge on any atom is 0.243 e. The van der Waals surface area contributed by atoms with Crippen molar-refractivity contribution in [2.24, 2.45) is 5.92 Å². The number of carbonyl (C=O) groups is 2. The number of halogens is 2. The number of anilines is 1. The molecule has 0 unspecified atom stereocenters. The van der Waals surface area contributed by atoms with Crippen molar-refractivity contribution in [3.05, 3.63) is 94.0 Å². The second-order valence-electron chi connectivity index (χ2n) is 8.03. The summed E-state index contributed by atoms with van der Waals surface area (Å²) in [5.74, 6) is -1.18. The first kappa shape index (κ1) is 24.4. The molecule has 0 radical (unpaired) electrons. The van der Waals surface area contributed by atoms with Gasteiger partial charge in [-0.3, -0.25) is 9.59 Å². The van der Waals surface area contributed by atoms with Crippen molar-refractivity contribution in [1.82, 2.24) is 4.31 Å². The molecule has 0 aromatic heterocycles. The first-order valence-corrected chi connectivity index (χ1v) is 12.9. The summed E-state index contributed by atoms with van der Waals surface area (Å²) >= 11 is 12.0. The standard InChI is InChI=1S/C25H22Cl2N2O4S/c26-19-8-11-21(12-9-19)34(32,33)29-14-4-7-18(16-29)25(31)28-23-13-10-20(27)15-22(23)24(30)17-5-2-1-3-6-17/h1-3,5-6,8-13,15,18H,4,7,14,16H2,(H,28,31)/t18-/m0/s1. The number of piperidine rings is 1. The SMILES string of the molecule is O=C(c1ccccc1)c1cc(Cl)ccc1NC(=O)[C@H]1CCCN(S(=O)(=O)c2ccc(Cl)cc2)C1. The lowest BCUT2D eigenvalue weighted by atomic mass is 9.97. The largest absolute Gasteiger partial charge is 0.325 e. The Kier molecular flexibility index (Phi) is 7.38. The van der Waals surface area contributed by atoms with Crippen LogP contribution in [0.3, 0.4) is 0 Å². The van der Waals surface area contributed by atoms with E-state index in [1.807, 2.05) is 6.07 Å². The second kappa shape index (κ2) is 10.3. The minimum absolute atomic E-state index is 0.0480. The molecule has 1 aliphatic rings. The van der Waals surface area contributed by atoms with E-state index >= 15 is 0 Å². The molecule has 9 heteroatoms. The number of rotatable bonds is 6.